The molecule has 0 saturated carbocycles. The van der Waals surface area contributed by atoms with Gasteiger partial charge in [-0.05, 0) is 6.92 Å². The van der Waals surface area contributed by atoms with Gasteiger partial charge in [0.2, 0.25) is 0 Å². The third-order valence-corrected chi connectivity index (χ3v) is 2.82. The minimum Gasteiger partial charge on any atom is -0.246 e. The lowest BCUT2D eigenvalue weighted by molar-refractivity contribution is -1.02. The highest BCUT2D eigenvalue weighted by Gasteiger charge is 2.25. The first-order valence-corrected chi connectivity index (χ1v) is 4.44. The van der Waals surface area contributed by atoms with E-state index in [9.17, 15) is 0 Å². The second kappa shape index (κ2) is 4.07. The van der Waals surface area contributed by atoms with Gasteiger partial charge in [0.05, 0.1) is 14.1 Å². The number of hydrogen-bond acceptors (Lipinski definition) is 1. The molecule has 0 bridgehead atoms. The second-order valence-corrected chi connectivity index (χ2v) is 3.96. The molecule has 0 radical (unpaired) electrons. The van der Waals surface area contributed by atoms with Gasteiger partial charge in [-0.25, -0.2) is 4.59 Å². The first-order chi connectivity index (χ1) is 4.92. The number of hydrogen-bond donors (Lipinski definition) is 0. The van der Waals surface area contributed by atoms with Crippen LogP contribution in [0.25, 0.3) is 0 Å². The average Bonchev–Trinajstić information content (AvgIpc) is 1.88. The van der Waals surface area contributed by atoms with Crippen LogP contribution in [0, 0.1) is 0 Å². The van der Waals surface area contributed by atoms with Gasteiger partial charge in [-0.2, -0.15) is 5.01 Å². The summed E-state index contributed by atoms with van der Waals surface area (Å²) in [6, 6.07) is 0.718. The van der Waals surface area contributed by atoms with Gasteiger partial charge in [0.25, 0.3) is 0 Å². The lowest BCUT2D eigenvalue weighted by Gasteiger charge is -2.40. The fourth-order valence-corrected chi connectivity index (χ4v) is 1.13. The van der Waals surface area contributed by atoms with Crippen molar-refractivity contribution in [2.24, 2.45) is 0 Å². The van der Waals surface area contributed by atoms with Crippen molar-refractivity contribution < 1.29 is 4.59 Å². The third kappa shape index (κ3) is 2.80. The van der Waals surface area contributed by atoms with Crippen LogP contribution in [0.3, 0.4) is 0 Å². The molecule has 2 heteroatoms. The summed E-state index contributed by atoms with van der Waals surface area (Å²) in [7, 11) is 8.76. The van der Waals surface area contributed by atoms with E-state index in [1.165, 1.54) is 12.8 Å². The van der Waals surface area contributed by atoms with Crippen LogP contribution < -0.4 is 0 Å². The van der Waals surface area contributed by atoms with Crippen LogP contribution in [0.1, 0.15) is 26.7 Å². The van der Waals surface area contributed by atoms with E-state index < -0.39 is 0 Å². The molecule has 0 aliphatic rings. The molecule has 0 saturated heterocycles. The average molecular weight is 159 g/mol. The molecule has 0 spiro atoms. The van der Waals surface area contributed by atoms with Crippen molar-refractivity contribution in [1.82, 2.24) is 5.01 Å². The van der Waals surface area contributed by atoms with Crippen LogP contribution in [0.15, 0.2) is 0 Å². The first kappa shape index (κ1) is 10.9. The fraction of sp³-hybridized carbons (Fsp3) is 1.00. The summed E-state index contributed by atoms with van der Waals surface area (Å²) in [6.07, 6.45) is 2.57. The molecular formula is C9H23N2+. The summed E-state index contributed by atoms with van der Waals surface area (Å²) in [5.74, 6) is 0. The van der Waals surface area contributed by atoms with Crippen LogP contribution in [-0.4, -0.2) is 43.8 Å². The summed E-state index contributed by atoms with van der Waals surface area (Å²) in [5.41, 5.74) is 0. The van der Waals surface area contributed by atoms with Crippen molar-refractivity contribution >= 4 is 0 Å². The van der Waals surface area contributed by atoms with Gasteiger partial charge >= 0.3 is 0 Å². The van der Waals surface area contributed by atoms with Crippen molar-refractivity contribution in [2.45, 2.75) is 32.7 Å². The van der Waals surface area contributed by atoms with Gasteiger partial charge in [-0.3, -0.25) is 0 Å². The van der Waals surface area contributed by atoms with Crippen LogP contribution >= 0.6 is 0 Å². The molecule has 0 N–H and O–H groups in total. The molecule has 0 aliphatic heterocycles. The highest BCUT2D eigenvalue weighted by molar-refractivity contribution is 4.47. The zero-order valence-electron chi connectivity index (χ0n) is 8.89. The maximum absolute atomic E-state index is 2.31. The summed E-state index contributed by atoms with van der Waals surface area (Å²) in [6.45, 7) is 4.55. The standard InChI is InChI=1S/C9H23N2/c1-7-8-9(2)11(5,6)10(3)4/h9H,7-8H2,1-6H3/q+1. The van der Waals surface area contributed by atoms with E-state index in [0.29, 0.717) is 0 Å². The first-order valence-electron chi connectivity index (χ1n) is 4.44. The normalized spacial score (nSPS) is 15.5. The molecular weight excluding hydrogens is 136 g/mol. The van der Waals surface area contributed by atoms with Crippen molar-refractivity contribution in [3.8, 4) is 0 Å². The highest BCUT2D eigenvalue weighted by atomic mass is 15.7. The SMILES string of the molecule is CCCC(C)[N+](C)(C)N(C)C. The third-order valence-electron chi connectivity index (χ3n) is 2.82. The summed E-state index contributed by atoms with van der Waals surface area (Å²) in [4.78, 5) is 0. The molecule has 68 valence electrons. The van der Waals surface area contributed by atoms with E-state index in [0.717, 1.165) is 10.6 Å². The van der Waals surface area contributed by atoms with Gasteiger partial charge in [0, 0.05) is 20.5 Å². The lowest BCUT2D eigenvalue weighted by atomic mass is 10.2. The topological polar surface area (TPSA) is 3.24 Å². The quantitative estimate of drug-likeness (QED) is 0.446. The Hall–Kier alpha value is -0.0800. The van der Waals surface area contributed by atoms with Crippen LogP contribution in [0.2, 0.25) is 0 Å². The Morgan fingerprint density at radius 1 is 1.27 bits per heavy atom. The molecule has 2 nitrogen and oxygen atoms in total. The zero-order valence-corrected chi connectivity index (χ0v) is 8.89. The summed E-state index contributed by atoms with van der Waals surface area (Å²) >= 11 is 0. The molecule has 1 atom stereocenters. The van der Waals surface area contributed by atoms with Gasteiger partial charge in [-0.1, -0.05) is 13.3 Å². The van der Waals surface area contributed by atoms with Crippen LogP contribution in [-0.2, 0) is 0 Å². The smallest absolute Gasteiger partial charge is 0.103 e. The van der Waals surface area contributed by atoms with Crippen molar-refractivity contribution in [3.05, 3.63) is 0 Å². The molecule has 0 rings (SSSR count). The van der Waals surface area contributed by atoms with E-state index in [-0.39, 0.29) is 0 Å². The molecule has 11 heavy (non-hydrogen) atoms. The molecule has 0 aromatic carbocycles. The molecule has 0 aromatic rings. The molecule has 1 unspecified atom stereocenters. The summed E-state index contributed by atoms with van der Waals surface area (Å²) < 4.78 is 0.980. The molecule has 0 amide bonds. The number of rotatable bonds is 4. The van der Waals surface area contributed by atoms with Gasteiger partial charge < -0.3 is 0 Å². The van der Waals surface area contributed by atoms with Crippen LogP contribution in [0.5, 0.6) is 0 Å². The molecule has 0 aliphatic carbocycles. The van der Waals surface area contributed by atoms with E-state index in [2.05, 4.69) is 47.0 Å². The Bertz CT molecular complexity index is 108. The minimum atomic E-state index is 0.718. The maximum atomic E-state index is 2.31. The molecule has 0 fully saturated rings. The van der Waals surface area contributed by atoms with Crippen LogP contribution in [0.4, 0.5) is 0 Å². The maximum Gasteiger partial charge on any atom is 0.103 e. The largest absolute Gasteiger partial charge is 0.246 e. The van der Waals surface area contributed by atoms with Gasteiger partial charge in [0.15, 0.2) is 0 Å². The van der Waals surface area contributed by atoms with E-state index in [1.807, 2.05) is 0 Å². The highest BCUT2D eigenvalue weighted by Crippen LogP contribution is 2.12. The van der Waals surface area contributed by atoms with E-state index >= 15 is 0 Å². The van der Waals surface area contributed by atoms with Crippen molar-refractivity contribution in [2.75, 3.05) is 28.2 Å². The summed E-state index contributed by atoms with van der Waals surface area (Å²) in [5, 5.41) is 2.25. The van der Waals surface area contributed by atoms with Gasteiger partial charge in [-0.15, -0.1) is 0 Å². The Balaban J connectivity index is 4.05. The monoisotopic (exact) mass is 159 g/mol. The number of nitrogens with zero attached hydrogens (tertiary/aromatic N) is 2. The zero-order chi connectivity index (χ0) is 9.07. The van der Waals surface area contributed by atoms with Crippen molar-refractivity contribution in [3.63, 3.8) is 0 Å². The Labute approximate surface area is 71.4 Å². The Kier molecular flexibility index (Phi) is 4.04. The second-order valence-electron chi connectivity index (χ2n) is 3.96. The predicted octanol–water partition coefficient (Wildman–Crippen LogP) is 1.73. The molecule has 0 aromatic heterocycles. The van der Waals surface area contributed by atoms with E-state index in [4.69, 9.17) is 0 Å². The van der Waals surface area contributed by atoms with Crippen molar-refractivity contribution in [1.29, 1.82) is 0 Å². The Morgan fingerprint density at radius 2 is 1.73 bits per heavy atom. The lowest BCUT2D eigenvalue weighted by Crippen LogP contribution is -2.56. The van der Waals surface area contributed by atoms with Gasteiger partial charge in [0.1, 0.15) is 6.04 Å². The predicted molar refractivity (Wildman–Crippen MR) is 50.2 cm³/mol. The Morgan fingerprint density at radius 3 is 2.00 bits per heavy atom. The minimum absolute atomic E-state index is 0.718. The fourth-order valence-electron chi connectivity index (χ4n) is 1.13. The number of quaternary nitrogens is 1. The molecule has 0 heterocycles. The van der Waals surface area contributed by atoms with E-state index in [1.54, 1.807) is 0 Å².